The third kappa shape index (κ3) is 3.86. The Bertz CT molecular complexity index is 1200. The van der Waals surface area contributed by atoms with Crippen molar-refractivity contribution in [2.24, 2.45) is 0 Å². The second kappa shape index (κ2) is 7.40. The number of aromatic nitrogens is 4. The predicted octanol–water partition coefficient (Wildman–Crippen LogP) is 3.39. The smallest absolute Gasteiger partial charge is 0.323 e. The zero-order valence-corrected chi connectivity index (χ0v) is 16.3. The van der Waals surface area contributed by atoms with Crippen LogP contribution in [0.4, 0.5) is 5.69 Å². The Kier molecular flexibility index (Phi) is 4.79. The van der Waals surface area contributed by atoms with Crippen molar-refractivity contribution in [3.63, 3.8) is 0 Å². The molecule has 7 nitrogen and oxygen atoms in total. The van der Waals surface area contributed by atoms with Gasteiger partial charge >= 0.3 is 5.69 Å². The molecule has 0 unspecified atom stereocenters. The van der Waals surface area contributed by atoms with Crippen molar-refractivity contribution in [1.29, 1.82) is 0 Å². The first-order valence-corrected chi connectivity index (χ1v) is 9.73. The molecule has 2 heterocycles. The second-order valence-corrected chi connectivity index (χ2v) is 7.54. The molecule has 4 aromatic rings. The van der Waals surface area contributed by atoms with Crippen LogP contribution in [0.2, 0.25) is 0 Å². The molecule has 0 fully saturated rings. The van der Waals surface area contributed by atoms with E-state index in [4.69, 9.17) is 0 Å². The number of anilines is 1. The quantitative estimate of drug-likeness (QED) is 0.453. The van der Waals surface area contributed by atoms with Crippen molar-refractivity contribution >= 4 is 34.4 Å². The molecule has 2 aromatic carbocycles. The van der Waals surface area contributed by atoms with Crippen molar-refractivity contribution in [2.75, 3.05) is 11.1 Å². The number of imidazole rings is 2. The highest BCUT2D eigenvalue weighted by atomic mass is 32.2. The number of nitrogens with zero attached hydrogens (tertiary/aromatic N) is 2. The molecule has 4 rings (SSSR count). The maximum Gasteiger partial charge on any atom is 0.323 e. The largest absolute Gasteiger partial charge is 0.325 e. The fraction of sp³-hybridized carbons (Fsp3) is 0.150. The second-order valence-electron chi connectivity index (χ2n) is 6.60. The highest BCUT2D eigenvalue weighted by Gasteiger charge is 2.10. The van der Waals surface area contributed by atoms with Crippen molar-refractivity contribution in [3.05, 3.63) is 70.4 Å². The fourth-order valence-corrected chi connectivity index (χ4v) is 3.89. The van der Waals surface area contributed by atoms with Gasteiger partial charge in [-0.25, -0.2) is 9.78 Å². The lowest BCUT2D eigenvalue weighted by Gasteiger charge is -2.10. The summed E-state index contributed by atoms with van der Waals surface area (Å²) in [6, 6.07) is 11.5. The molecule has 0 radical (unpaired) electrons. The number of carbonyl (C=O) groups is 1. The van der Waals surface area contributed by atoms with Crippen molar-refractivity contribution in [2.45, 2.75) is 19.0 Å². The zero-order chi connectivity index (χ0) is 19.7. The van der Waals surface area contributed by atoms with Crippen molar-refractivity contribution in [3.8, 4) is 5.69 Å². The molecule has 8 heteroatoms. The topological polar surface area (TPSA) is 95.6 Å². The van der Waals surface area contributed by atoms with Gasteiger partial charge in [0.1, 0.15) is 0 Å². The van der Waals surface area contributed by atoms with Gasteiger partial charge in [-0.2, -0.15) is 0 Å². The van der Waals surface area contributed by atoms with Gasteiger partial charge in [-0.1, -0.05) is 17.8 Å². The Morgan fingerprint density at radius 2 is 1.86 bits per heavy atom. The Morgan fingerprint density at radius 1 is 1.11 bits per heavy atom. The maximum absolute atomic E-state index is 12.4. The van der Waals surface area contributed by atoms with E-state index in [9.17, 15) is 9.59 Å². The number of benzene rings is 2. The van der Waals surface area contributed by atoms with Crippen LogP contribution < -0.4 is 11.0 Å². The Labute approximate surface area is 165 Å². The van der Waals surface area contributed by atoms with E-state index in [1.807, 2.05) is 10.8 Å². The first-order chi connectivity index (χ1) is 13.5. The maximum atomic E-state index is 12.4. The van der Waals surface area contributed by atoms with Gasteiger partial charge in [-0.3, -0.25) is 9.36 Å². The van der Waals surface area contributed by atoms with E-state index in [-0.39, 0.29) is 17.3 Å². The van der Waals surface area contributed by atoms with E-state index < -0.39 is 0 Å². The van der Waals surface area contributed by atoms with Crippen LogP contribution in [0.5, 0.6) is 0 Å². The number of nitrogens with one attached hydrogen (secondary N) is 3. The van der Waals surface area contributed by atoms with Crippen molar-refractivity contribution in [1.82, 2.24) is 19.5 Å². The number of amides is 1. The third-order valence-electron chi connectivity index (χ3n) is 4.22. The molecule has 142 valence electrons. The molecule has 0 aliphatic rings. The van der Waals surface area contributed by atoms with Gasteiger partial charge in [-0.15, -0.1) is 0 Å². The first kappa shape index (κ1) is 18.1. The van der Waals surface area contributed by atoms with Gasteiger partial charge in [0, 0.05) is 23.8 Å². The molecule has 0 saturated carbocycles. The Morgan fingerprint density at radius 3 is 2.64 bits per heavy atom. The number of fused-ring (bicyclic) bond motifs is 1. The zero-order valence-electron chi connectivity index (χ0n) is 15.4. The van der Waals surface area contributed by atoms with E-state index in [1.165, 1.54) is 22.9 Å². The number of aromatic amines is 2. The minimum Gasteiger partial charge on any atom is -0.325 e. The molecule has 0 saturated heterocycles. The monoisotopic (exact) mass is 393 g/mol. The molecule has 0 bridgehead atoms. The van der Waals surface area contributed by atoms with E-state index in [0.29, 0.717) is 16.7 Å². The van der Waals surface area contributed by atoms with E-state index in [0.717, 1.165) is 10.8 Å². The molecule has 3 N–H and O–H groups in total. The van der Waals surface area contributed by atoms with Gasteiger partial charge in [-0.05, 0) is 55.3 Å². The number of H-pyrrole nitrogens is 2. The van der Waals surface area contributed by atoms with Crippen LogP contribution in [0.1, 0.15) is 11.1 Å². The van der Waals surface area contributed by atoms with Crippen LogP contribution in [0.15, 0.2) is 58.7 Å². The normalized spacial score (nSPS) is 11.1. The van der Waals surface area contributed by atoms with Crippen LogP contribution in [-0.4, -0.2) is 31.2 Å². The molecule has 2 aromatic heterocycles. The summed E-state index contributed by atoms with van der Waals surface area (Å²) < 4.78 is 1.98. The molecule has 28 heavy (non-hydrogen) atoms. The number of aryl methyl sites for hydroxylation is 2. The van der Waals surface area contributed by atoms with Gasteiger partial charge in [0.2, 0.25) is 5.91 Å². The van der Waals surface area contributed by atoms with Gasteiger partial charge in [0.05, 0.1) is 16.8 Å². The average molecular weight is 393 g/mol. The summed E-state index contributed by atoms with van der Waals surface area (Å²) in [7, 11) is 0. The summed E-state index contributed by atoms with van der Waals surface area (Å²) in [5.41, 5.74) is 5.10. The Hall–Kier alpha value is -3.26. The third-order valence-corrected chi connectivity index (χ3v) is 5.19. The number of hydrogen-bond acceptors (Lipinski definition) is 4. The minimum atomic E-state index is -0.271. The predicted molar refractivity (Wildman–Crippen MR) is 111 cm³/mol. The van der Waals surface area contributed by atoms with E-state index >= 15 is 0 Å². The lowest BCUT2D eigenvalue weighted by atomic mass is 10.1. The van der Waals surface area contributed by atoms with Crippen LogP contribution in [0, 0.1) is 13.8 Å². The SMILES string of the molecule is Cc1cc(C)cc(-n2ccnc2SCC(=O)Nc2ccc3[nH]c(=O)[nH]c3c2)c1. The molecule has 1 amide bonds. The number of carbonyl (C=O) groups excluding carboxylic acids is 1. The molecule has 0 aliphatic carbocycles. The molecular weight excluding hydrogens is 374 g/mol. The summed E-state index contributed by atoms with van der Waals surface area (Å²) in [6.07, 6.45) is 3.62. The van der Waals surface area contributed by atoms with Crippen LogP contribution in [0.25, 0.3) is 16.7 Å². The lowest BCUT2D eigenvalue weighted by molar-refractivity contribution is -0.113. The van der Waals surface area contributed by atoms with Crippen LogP contribution in [-0.2, 0) is 4.79 Å². The van der Waals surface area contributed by atoms with E-state index in [2.05, 4.69) is 52.3 Å². The van der Waals surface area contributed by atoms with Crippen LogP contribution in [0.3, 0.4) is 0 Å². The minimum absolute atomic E-state index is 0.141. The standard InChI is InChI=1S/C20H19N5O2S/c1-12-7-13(2)9-15(8-12)25-6-5-21-20(25)28-11-18(26)22-14-3-4-16-17(10-14)24-19(27)23-16/h3-10H,11H2,1-2H3,(H,22,26)(H2,23,24,27). The van der Waals surface area contributed by atoms with Gasteiger partial charge < -0.3 is 15.3 Å². The number of thioether (sulfide) groups is 1. The summed E-state index contributed by atoms with van der Waals surface area (Å²) in [4.78, 5) is 33.4. The highest BCUT2D eigenvalue weighted by Crippen LogP contribution is 2.23. The first-order valence-electron chi connectivity index (χ1n) is 8.75. The van der Waals surface area contributed by atoms with Crippen molar-refractivity contribution < 1.29 is 4.79 Å². The molecule has 0 atom stereocenters. The molecular formula is C20H19N5O2S. The highest BCUT2D eigenvalue weighted by molar-refractivity contribution is 7.99. The molecule has 0 aliphatic heterocycles. The average Bonchev–Trinajstić information content (AvgIpc) is 3.24. The van der Waals surface area contributed by atoms with Gasteiger partial charge in [0.15, 0.2) is 5.16 Å². The summed E-state index contributed by atoms with van der Waals surface area (Å²) >= 11 is 1.37. The molecule has 0 spiro atoms. The lowest BCUT2D eigenvalue weighted by Crippen LogP contribution is -2.14. The number of hydrogen-bond donors (Lipinski definition) is 3. The van der Waals surface area contributed by atoms with Crippen LogP contribution >= 0.6 is 11.8 Å². The summed E-state index contributed by atoms with van der Waals surface area (Å²) in [6.45, 7) is 4.12. The summed E-state index contributed by atoms with van der Waals surface area (Å²) in [5.74, 6) is 0.0842. The van der Waals surface area contributed by atoms with Gasteiger partial charge in [0.25, 0.3) is 0 Å². The number of rotatable bonds is 5. The Balaban J connectivity index is 1.45. The fourth-order valence-electron chi connectivity index (χ4n) is 3.12. The summed E-state index contributed by atoms with van der Waals surface area (Å²) in [5, 5.41) is 3.61. The van der Waals surface area contributed by atoms with E-state index in [1.54, 1.807) is 24.4 Å².